The first-order valence-electron chi connectivity index (χ1n) is 10.3. The van der Waals surface area contributed by atoms with Crippen LogP contribution in [0.4, 0.5) is 0 Å². The van der Waals surface area contributed by atoms with Gasteiger partial charge in [-0.1, -0.05) is 18.2 Å². The third-order valence-corrected chi connectivity index (χ3v) is 6.16. The topological polar surface area (TPSA) is 105 Å². The van der Waals surface area contributed by atoms with Crippen molar-refractivity contribution in [3.8, 4) is 0 Å². The summed E-state index contributed by atoms with van der Waals surface area (Å²) in [5.74, 6) is -0.577. The van der Waals surface area contributed by atoms with Gasteiger partial charge in [0.1, 0.15) is 34.9 Å². The van der Waals surface area contributed by atoms with Crippen LogP contribution in [0.5, 0.6) is 0 Å². The predicted octanol–water partition coefficient (Wildman–Crippen LogP) is 3.21. The second-order valence-electron chi connectivity index (χ2n) is 8.61. The van der Waals surface area contributed by atoms with Crippen LogP contribution in [0, 0.1) is 5.92 Å². The number of hydrogen-bond acceptors (Lipinski definition) is 8. The van der Waals surface area contributed by atoms with Crippen LogP contribution in [0.1, 0.15) is 61.6 Å². The number of fused-ring (bicyclic) bond motifs is 6. The largest absolute Gasteiger partial charge is 0.465 e. The molecule has 2 saturated heterocycles. The summed E-state index contributed by atoms with van der Waals surface area (Å²) in [6, 6.07) is 1.66. The van der Waals surface area contributed by atoms with Crippen molar-refractivity contribution in [3.63, 3.8) is 0 Å². The molecule has 1 unspecified atom stereocenters. The summed E-state index contributed by atoms with van der Waals surface area (Å²) in [4.78, 5) is 36.6. The number of rotatable bonds is 3. The van der Waals surface area contributed by atoms with Crippen molar-refractivity contribution in [3.05, 3.63) is 47.0 Å². The molecular weight excluding hydrogens is 404 g/mol. The van der Waals surface area contributed by atoms with E-state index in [1.165, 1.54) is 14.0 Å². The smallest absolute Gasteiger partial charge is 0.341 e. The van der Waals surface area contributed by atoms with E-state index in [1.807, 2.05) is 13.8 Å². The third-order valence-electron chi connectivity index (χ3n) is 6.16. The first-order chi connectivity index (χ1) is 14.6. The molecule has 0 spiro atoms. The Labute approximate surface area is 180 Å². The third kappa shape index (κ3) is 3.92. The predicted molar refractivity (Wildman–Crippen MR) is 107 cm³/mol. The zero-order chi connectivity index (χ0) is 22.5. The van der Waals surface area contributed by atoms with E-state index in [0.717, 1.165) is 5.57 Å². The lowest BCUT2D eigenvalue weighted by atomic mass is 9.89. The SMILES string of the molecule is C=C(C)[C@H]1CC=C2C(=O)O[C@H](CC3(C)O[C@H]3c3cc(C(=O)OC)c(o3)C1)[C@H]2OC(C)=O. The number of hydrogen-bond donors (Lipinski definition) is 0. The van der Waals surface area contributed by atoms with Crippen molar-refractivity contribution in [2.75, 3.05) is 7.11 Å². The molecule has 0 amide bonds. The molecule has 0 N–H and O–H groups in total. The van der Waals surface area contributed by atoms with E-state index in [-0.39, 0.29) is 5.92 Å². The molecule has 0 saturated carbocycles. The molecule has 0 radical (unpaired) electrons. The summed E-state index contributed by atoms with van der Waals surface area (Å²) in [7, 11) is 1.32. The minimum atomic E-state index is -0.796. The Morgan fingerprint density at radius 1 is 1.29 bits per heavy atom. The van der Waals surface area contributed by atoms with Crippen LogP contribution >= 0.6 is 0 Å². The fourth-order valence-corrected chi connectivity index (χ4v) is 4.36. The lowest BCUT2D eigenvalue weighted by Gasteiger charge is -2.20. The number of carbonyl (C=O) groups is 3. The van der Waals surface area contributed by atoms with Crippen molar-refractivity contribution in [2.45, 2.75) is 63.9 Å². The minimum absolute atomic E-state index is 0.119. The fourth-order valence-electron chi connectivity index (χ4n) is 4.36. The number of methoxy groups -OCH3 is 1. The highest BCUT2D eigenvalue weighted by molar-refractivity contribution is 5.93. The molecule has 1 aromatic heterocycles. The van der Waals surface area contributed by atoms with Crippen molar-refractivity contribution in [1.29, 1.82) is 0 Å². The van der Waals surface area contributed by atoms with Gasteiger partial charge in [0.05, 0.1) is 12.7 Å². The Hall–Kier alpha value is -2.87. The zero-order valence-electron chi connectivity index (χ0n) is 18.1. The Morgan fingerprint density at radius 2 is 2.03 bits per heavy atom. The summed E-state index contributed by atoms with van der Waals surface area (Å²) in [5.41, 5.74) is 0.849. The number of epoxide rings is 1. The number of esters is 3. The van der Waals surface area contributed by atoms with Crippen LogP contribution < -0.4 is 0 Å². The Balaban J connectivity index is 1.77. The first kappa shape index (κ1) is 21.4. The van der Waals surface area contributed by atoms with E-state index in [0.29, 0.717) is 41.9 Å². The van der Waals surface area contributed by atoms with Gasteiger partial charge >= 0.3 is 17.9 Å². The van der Waals surface area contributed by atoms with Gasteiger partial charge in [-0.15, -0.1) is 0 Å². The summed E-state index contributed by atoms with van der Waals surface area (Å²) in [6.07, 6.45) is 1.00. The van der Waals surface area contributed by atoms with Crippen LogP contribution in [0.15, 0.2) is 34.3 Å². The van der Waals surface area contributed by atoms with Crippen LogP contribution in [-0.4, -0.2) is 42.8 Å². The van der Waals surface area contributed by atoms with Crippen LogP contribution in [-0.2, 0) is 35.0 Å². The highest BCUT2D eigenvalue weighted by Crippen LogP contribution is 2.54. The van der Waals surface area contributed by atoms with Gasteiger partial charge in [-0.25, -0.2) is 9.59 Å². The minimum Gasteiger partial charge on any atom is -0.465 e. The van der Waals surface area contributed by atoms with E-state index in [9.17, 15) is 14.4 Å². The first-order valence-corrected chi connectivity index (χ1v) is 10.3. The maximum atomic E-state index is 12.6. The van der Waals surface area contributed by atoms with Crippen molar-refractivity contribution < 1.29 is 37.7 Å². The molecule has 31 heavy (non-hydrogen) atoms. The molecule has 1 aromatic rings. The standard InChI is InChI=1S/C23H26O8/c1-11(2)13-6-7-14-19(28-12(3)24)18(30-22(14)26)10-23(4)20(31-23)17-9-15(21(25)27-5)16(8-13)29-17/h7,9,13,18-20H,1,6,8,10H2,2-5H3/t13-,18+,19-,20-,23?/m0/s1. The lowest BCUT2D eigenvalue weighted by Crippen LogP contribution is -2.31. The van der Waals surface area contributed by atoms with E-state index < -0.39 is 41.8 Å². The number of furan rings is 1. The average Bonchev–Trinajstić information content (AvgIpc) is 3.04. The van der Waals surface area contributed by atoms with Gasteiger partial charge in [0, 0.05) is 19.8 Å². The van der Waals surface area contributed by atoms with E-state index in [4.69, 9.17) is 23.4 Å². The maximum Gasteiger partial charge on any atom is 0.341 e. The van der Waals surface area contributed by atoms with Gasteiger partial charge in [-0.2, -0.15) is 0 Å². The fraction of sp³-hybridized carbons (Fsp3) is 0.522. The molecule has 0 aromatic carbocycles. The van der Waals surface area contributed by atoms with E-state index in [2.05, 4.69) is 6.58 Å². The number of carbonyl (C=O) groups excluding carboxylic acids is 3. The van der Waals surface area contributed by atoms with Crippen LogP contribution in [0.3, 0.4) is 0 Å². The van der Waals surface area contributed by atoms with Gasteiger partial charge in [0.25, 0.3) is 0 Å². The molecule has 4 heterocycles. The second-order valence-corrected chi connectivity index (χ2v) is 8.61. The van der Waals surface area contributed by atoms with Gasteiger partial charge in [-0.05, 0) is 32.3 Å². The monoisotopic (exact) mass is 430 g/mol. The Morgan fingerprint density at radius 3 is 2.68 bits per heavy atom. The molecule has 4 rings (SSSR count). The molecule has 166 valence electrons. The van der Waals surface area contributed by atoms with Crippen molar-refractivity contribution in [1.82, 2.24) is 0 Å². The number of ether oxygens (including phenoxy) is 4. The molecule has 3 aliphatic rings. The zero-order valence-corrected chi connectivity index (χ0v) is 18.1. The molecule has 2 fully saturated rings. The quantitative estimate of drug-likeness (QED) is 0.312. The summed E-state index contributed by atoms with van der Waals surface area (Å²) in [6.45, 7) is 9.11. The second kappa shape index (κ2) is 7.67. The van der Waals surface area contributed by atoms with Gasteiger partial charge in [0.2, 0.25) is 0 Å². The Kier molecular flexibility index (Phi) is 5.29. The van der Waals surface area contributed by atoms with Crippen molar-refractivity contribution >= 4 is 17.9 Å². The van der Waals surface area contributed by atoms with E-state index >= 15 is 0 Å². The highest BCUT2D eigenvalue weighted by Gasteiger charge is 2.59. The average molecular weight is 430 g/mol. The van der Waals surface area contributed by atoms with Gasteiger partial charge in [0.15, 0.2) is 6.10 Å². The lowest BCUT2D eigenvalue weighted by molar-refractivity contribution is -0.151. The van der Waals surface area contributed by atoms with Crippen LogP contribution in [0.2, 0.25) is 0 Å². The normalized spacial score (nSPS) is 31.7. The molecule has 8 nitrogen and oxygen atoms in total. The molecule has 4 bridgehead atoms. The molecule has 0 aliphatic carbocycles. The van der Waals surface area contributed by atoms with Gasteiger partial charge in [-0.3, -0.25) is 4.79 Å². The maximum absolute atomic E-state index is 12.6. The molecule has 3 aliphatic heterocycles. The van der Waals surface area contributed by atoms with Crippen LogP contribution in [0.25, 0.3) is 0 Å². The van der Waals surface area contributed by atoms with Gasteiger partial charge < -0.3 is 23.4 Å². The van der Waals surface area contributed by atoms with E-state index in [1.54, 1.807) is 12.1 Å². The molecule has 5 atom stereocenters. The Bertz CT molecular complexity index is 986. The molecule has 8 heteroatoms. The van der Waals surface area contributed by atoms with Crippen molar-refractivity contribution in [2.24, 2.45) is 5.92 Å². The summed E-state index contributed by atoms with van der Waals surface area (Å²) < 4.78 is 27.9. The summed E-state index contributed by atoms with van der Waals surface area (Å²) in [5, 5.41) is 0. The number of allylic oxidation sites excluding steroid dienone is 2. The summed E-state index contributed by atoms with van der Waals surface area (Å²) >= 11 is 0. The highest BCUT2D eigenvalue weighted by atomic mass is 16.6. The molecular formula is C23H26O8.